The first-order valence-corrected chi connectivity index (χ1v) is 11.1. The van der Waals surface area contributed by atoms with Crippen molar-refractivity contribution < 1.29 is 14.3 Å². The molecule has 1 fully saturated rings. The molecule has 0 heterocycles. The maximum Gasteiger partial charge on any atom is 0.340 e. The predicted molar refractivity (Wildman–Crippen MR) is 116 cm³/mol. The molecule has 1 aliphatic rings. The van der Waals surface area contributed by atoms with Gasteiger partial charge < -0.3 is 9.64 Å². The molecule has 30 heavy (non-hydrogen) atoms. The van der Waals surface area contributed by atoms with Crippen LogP contribution in [0.3, 0.4) is 0 Å². The van der Waals surface area contributed by atoms with Crippen LogP contribution in [0.4, 0.5) is 0 Å². The van der Waals surface area contributed by atoms with Crippen LogP contribution < -0.4 is 0 Å². The topological polar surface area (TPSA) is 70.4 Å². The first-order chi connectivity index (χ1) is 14.5. The molecule has 5 nitrogen and oxygen atoms in total. The number of esters is 1. The molecule has 2 aromatic rings. The smallest absolute Gasteiger partial charge is 0.340 e. The maximum absolute atomic E-state index is 12.9. The van der Waals surface area contributed by atoms with Crippen molar-refractivity contribution in [2.24, 2.45) is 0 Å². The Morgan fingerprint density at radius 3 is 2.40 bits per heavy atom. The first kappa shape index (κ1) is 21.9. The molecule has 0 saturated heterocycles. The van der Waals surface area contributed by atoms with Crippen molar-refractivity contribution >= 4 is 23.6 Å². The molecule has 0 unspecified atom stereocenters. The Kier molecular flexibility index (Phi) is 7.53. The lowest BCUT2D eigenvalue weighted by Crippen LogP contribution is -2.44. The molecule has 1 aliphatic carbocycles. The van der Waals surface area contributed by atoms with Gasteiger partial charge in [-0.1, -0.05) is 55.3 Å². The Bertz CT molecular complexity index is 947. The summed E-state index contributed by atoms with van der Waals surface area (Å²) in [7, 11) is 1.80. The molecule has 156 valence electrons. The molecule has 3 rings (SSSR count). The summed E-state index contributed by atoms with van der Waals surface area (Å²) in [5, 5.41) is 9.32. The van der Waals surface area contributed by atoms with Crippen molar-refractivity contribution in [3.63, 3.8) is 0 Å². The number of nitriles is 1. The number of carbonyl (C=O) groups excluding carboxylic acids is 2. The number of benzene rings is 2. The van der Waals surface area contributed by atoms with Crippen molar-refractivity contribution in [2.45, 2.75) is 61.0 Å². The van der Waals surface area contributed by atoms with Gasteiger partial charge in [-0.15, -0.1) is 0 Å². The van der Waals surface area contributed by atoms with E-state index < -0.39 is 12.1 Å². The molecule has 0 aromatic heterocycles. The molecule has 0 radical (unpaired) electrons. The fraction of sp³-hybridized carbons (Fsp3) is 0.375. The molecule has 1 saturated carbocycles. The molecule has 0 N–H and O–H groups in total. The van der Waals surface area contributed by atoms with Crippen molar-refractivity contribution in [1.82, 2.24) is 4.90 Å². The number of carbonyl (C=O) groups is 2. The third kappa shape index (κ3) is 5.22. The third-order valence-electron chi connectivity index (χ3n) is 5.44. The molecule has 1 amide bonds. The molecule has 6 heteroatoms. The Hall–Kier alpha value is -2.78. The lowest BCUT2D eigenvalue weighted by atomic mass is 9.94. The van der Waals surface area contributed by atoms with E-state index in [-0.39, 0.29) is 11.9 Å². The molecular formula is C24H26N2O3S. The number of likely N-dealkylation sites (N-methyl/N-ethyl adjacent to an activating group) is 1. The minimum absolute atomic E-state index is 0.171. The van der Waals surface area contributed by atoms with Gasteiger partial charge in [-0.2, -0.15) is 5.26 Å². The Balaban J connectivity index is 1.71. The zero-order valence-corrected chi connectivity index (χ0v) is 18.2. The van der Waals surface area contributed by atoms with E-state index in [9.17, 15) is 14.9 Å². The van der Waals surface area contributed by atoms with Crippen LogP contribution in [0.25, 0.3) is 0 Å². The largest absolute Gasteiger partial charge is 0.449 e. The molecule has 1 atom stereocenters. The lowest BCUT2D eigenvalue weighted by molar-refractivity contribution is -0.141. The summed E-state index contributed by atoms with van der Waals surface area (Å²) in [4.78, 5) is 28.8. The van der Waals surface area contributed by atoms with Crippen LogP contribution in [0.5, 0.6) is 0 Å². The number of ether oxygens (including phenoxy) is 1. The third-order valence-corrected chi connectivity index (χ3v) is 6.59. The van der Waals surface area contributed by atoms with Gasteiger partial charge >= 0.3 is 5.97 Å². The van der Waals surface area contributed by atoms with Gasteiger partial charge in [-0.05, 0) is 44.0 Å². The first-order valence-electron chi connectivity index (χ1n) is 10.2. The minimum atomic E-state index is -0.853. The Morgan fingerprint density at radius 1 is 1.07 bits per heavy atom. The van der Waals surface area contributed by atoms with Crippen LogP contribution >= 0.6 is 11.8 Å². The van der Waals surface area contributed by atoms with E-state index in [0.29, 0.717) is 16.0 Å². The lowest BCUT2D eigenvalue weighted by Gasteiger charge is -2.32. The van der Waals surface area contributed by atoms with E-state index in [2.05, 4.69) is 6.07 Å². The average Bonchev–Trinajstić information content (AvgIpc) is 2.79. The fourth-order valence-electron chi connectivity index (χ4n) is 3.70. The van der Waals surface area contributed by atoms with Crippen LogP contribution in [-0.4, -0.2) is 36.0 Å². The van der Waals surface area contributed by atoms with E-state index in [0.717, 1.165) is 30.6 Å². The van der Waals surface area contributed by atoms with E-state index in [4.69, 9.17) is 4.74 Å². The van der Waals surface area contributed by atoms with Gasteiger partial charge in [0.05, 0.1) is 11.1 Å². The highest BCUT2D eigenvalue weighted by atomic mass is 32.2. The molecule has 2 aromatic carbocycles. The number of rotatable bonds is 6. The van der Waals surface area contributed by atoms with Crippen molar-refractivity contribution in [2.75, 3.05) is 7.05 Å². The molecule has 0 bridgehead atoms. The van der Waals surface area contributed by atoms with Gasteiger partial charge in [0.15, 0.2) is 6.10 Å². The highest BCUT2D eigenvalue weighted by molar-refractivity contribution is 7.99. The number of hydrogen-bond acceptors (Lipinski definition) is 5. The summed E-state index contributed by atoms with van der Waals surface area (Å²) in [6.07, 6.45) is 4.62. The van der Waals surface area contributed by atoms with Crippen LogP contribution in [-0.2, 0) is 9.53 Å². The van der Waals surface area contributed by atoms with E-state index in [1.807, 2.05) is 24.3 Å². The molecular weight excluding hydrogens is 396 g/mol. The van der Waals surface area contributed by atoms with Crippen LogP contribution in [0.2, 0.25) is 0 Å². The zero-order chi connectivity index (χ0) is 21.5. The van der Waals surface area contributed by atoms with Crippen LogP contribution in [0.1, 0.15) is 54.9 Å². The fourth-order valence-corrected chi connectivity index (χ4v) is 4.72. The van der Waals surface area contributed by atoms with Gasteiger partial charge in [0.1, 0.15) is 6.07 Å². The summed E-state index contributed by atoms with van der Waals surface area (Å²) in [6, 6.07) is 16.7. The number of nitrogens with zero attached hydrogens (tertiary/aromatic N) is 2. The van der Waals surface area contributed by atoms with E-state index in [1.165, 1.54) is 18.2 Å². The van der Waals surface area contributed by atoms with E-state index >= 15 is 0 Å². The summed E-state index contributed by atoms with van der Waals surface area (Å²) >= 11 is 1.34. The van der Waals surface area contributed by atoms with Gasteiger partial charge in [-0.3, -0.25) is 4.79 Å². The standard InChI is InChI=1S/C24H26N2O3S/c1-17(23(27)26(2)19-11-4-3-5-12-19)29-24(28)20-13-7-9-15-22(20)30-21-14-8-6-10-18(21)16-25/h6-10,13-15,17,19H,3-5,11-12H2,1-2H3/t17-/m1/s1. The summed E-state index contributed by atoms with van der Waals surface area (Å²) in [5.41, 5.74) is 0.929. The van der Waals surface area contributed by atoms with E-state index in [1.54, 1.807) is 43.1 Å². The minimum Gasteiger partial charge on any atom is -0.449 e. The van der Waals surface area contributed by atoms with Crippen LogP contribution in [0, 0.1) is 11.3 Å². The quantitative estimate of drug-likeness (QED) is 0.610. The van der Waals surface area contributed by atoms with Crippen molar-refractivity contribution in [1.29, 1.82) is 5.26 Å². The molecule has 0 aliphatic heterocycles. The monoisotopic (exact) mass is 422 g/mol. The van der Waals surface area contributed by atoms with Gasteiger partial charge in [0.2, 0.25) is 0 Å². The van der Waals surface area contributed by atoms with Crippen LogP contribution in [0.15, 0.2) is 58.3 Å². The second-order valence-electron chi connectivity index (χ2n) is 7.49. The maximum atomic E-state index is 12.9. The number of amides is 1. The predicted octanol–water partition coefficient (Wildman–Crippen LogP) is 5.05. The summed E-state index contributed by atoms with van der Waals surface area (Å²) < 4.78 is 5.54. The Labute approximate surface area is 182 Å². The number of hydrogen-bond donors (Lipinski definition) is 0. The van der Waals surface area contributed by atoms with Crippen molar-refractivity contribution in [3.05, 3.63) is 59.7 Å². The van der Waals surface area contributed by atoms with Gasteiger partial charge in [0.25, 0.3) is 5.91 Å². The molecule has 0 spiro atoms. The average molecular weight is 423 g/mol. The van der Waals surface area contributed by atoms with Crippen molar-refractivity contribution in [3.8, 4) is 6.07 Å². The second kappa shape index (κ2) is 10.3. The van der Waals surface area contributed by atoms with Gasteiger partial charge in [-0.25, -0.2) is 4.79 Å². The van der Waals surface area contributed by atoms with Gasteiger partial charge in [0, 0.05) is 22.9 Å². The normalized spacial score (nSPS) is 15.1. The second-order valence-corrected chi connectivity index (χ2v) is 8.58. The SMILES string of the molecule is C[C@@H](OC(=O)c1ccccc1Sc1ccccc1C#N)C(=O)N(C)C1CCCCC1. The highest BCUT2D eigenvalue weighted by Gasteiger charge is 2.28. The Morgan fingerprint density at radius 2 is 1.70 bits per heavy atom. The summed E-state index contributed by atoms with van der Waals surface area (Å²) in [5.74, 6) is -0.708. The highest BCUT2D eigenvalue weighted by Crippen LogP contribution is 2.33. The zero-order valence-electron chi connectivity index (χ0n) is 17.3. The summed E-state index contributed by atoms with van der Waals surface area (Å²) in [6.45, 7) is 1.63.